The van der Waals surface area contributed by atoms with Crippen LogP contribution in [0.2, 0.25) is 0 Å². The Balaban J connectivity index is 0.385. The van der Waals surface area contributed by atoms with Gasteiger partial charge in [0, 0.05) is 125 Å². The van der Waals surface area contributed by atoms with Crippen molar-refractivity contribution in [3.63, 3.8) is 0 Å². The summed E-state index contributed by atoms with van der Waals surface area (Å²) in [6.45, 7) is 7.17. The number of aromatic nitrogens is 10. The Kier molecular flexibility index (Phi) is 31.4. The molecule has 4 aromatic heterocycles. The van der Waals surface area contributed by atoms with Crippen LogP contribution in [0, 0.1) is 0 Å². The minimum absolute atomic E-state index is 0.0906. The number of nitrogens with two attached hydrogens (primary N) is 1. The molecule has 8 amide bonds. The fourth-order valence-electron chi connectivity index (χ4n) is 17.2. The number of imidazole rings is 2. The summed E-state index contributed by atoms with van der Waals surface area (Å²) in [6, 6.07) is 53.3. The van der Waals surface area contributed by atoms with Crippen molar-refractivity contribution in [2.24, 2.45) is 15.7 Å². The van der Waals surface area contributed by atoms with Gasteiger partial charge in [-0.3, -0.25) is 57.7 Å². The van der Waals surface area contributed by atoms with Gasteiger partial charge in [0.25, 0.3) is 23.6 Å². The third kappa shape index (κ3) is 24.6. The number of H-pyrrole nitrogens is 2. The second-order valence-corrected chi connectivity index (χ2v) is 34.8. The lowest BCUT2D eigenvalue weighted by molar-refractivity contribution is -0.149. The van der Waals surface area contributed by atoms with Crippen LogP contribution in [0.3, 0.4) is 0 Å². The van der Waals surface area contributed by atoms with E-state index in [2.05, 4.69) is 106 Å². The molecule has 2 saturated heterocycles. The highest BCUT2D eigenvalue weighted by molar-refractivity contribution is 6.09. The van der Waals surface area contributed by atoms with Crippen molar-refractivity contribution in [3.05, 3.63) is 238 Å². The summed E-state index contributed by atoms with van der Waals surface area (Å²) >= 11 is 0. The van der Waals surface area contributed by atoms with Crippen molar-refractivity contribution >= 4 is 92.1 Å². The average Bonchev–Trinajstić information content (AvgIpc) is 1.65. The van der Waals surface area contributed by atoms with Gasteiger partial charge in [0.05, 0.1) is 117 Å². The number of nitrogens with zero attached hydrogens (tertiary/aromatic N) is 15. The molecule has 0 bridgehead atoms. The number of benzene rings is 8. The Morgan fingerprint density at radius 1 is 0.437 bits per heavy atom. The normalized spacial score (nSPS) is 14.5. The number of carbonyl (C=O) groups excluding carboxylic acids is 8. The lowest BCUT2D eigenvalue weighted by Gasteiger charge is -2.33. The minimum Gasteiger partial charge on any atom is -0.377 e. The zero-order valence-corrected chi connectivity index (χ0v) is 76.6. The second kappa shape index (κ2) is 45.0. The van der Waals surface area contributed by atoms with Crippen molar-refractivity contribution in [3.8, 4) is 45.0 Å². The average molecular weight is 1830 g/mol. The van der Waals surface area contributed by atoms with Crippen molar-refractivity contribution in [1.82, 2.24) is 95.7 Å². The standard InChI is InChI=1S/C101H114N22O12/c1-117(2)47-38-103-96(126)70-22-14-66(15-23-70)86-59-78-55-74(30-34-82(78)107-86)77-33-37-85-89(58-77)112-95(110-85)69-20-28-73(29-21-69)99(129)106-41-50-133-51-53-134-64-80-61-120(115-113-80)43-7-5-6-13-93(125)122-45-8-12-91(122)101(131)123-46-9-11-90(123)100(130)119(63-92(102)124)42-10-44-121-62-81(114-116-121)65-135-54-52-132-49-40-105-98(128)71-24-16-67(17-25-71)87-60-79-56-75(31-35-83(79)108-87)76-32-36-84-88(57-76)111-94(109-84)68-18-26-72(27-19-68)97(127)104-39-48-118(3)4/h14-37,55-58,61-62,90-91H,5-13,38-54,59-60,63-65H2,1-4H3,(H2,102,124)(H,103,126)(H,104,127)(H,105,128)(H,106,129)(H,109,111)(H,110,112)/t90-,91?/m0/s1. The number of primary amides is 1. The molecule has 0 radical (unpaired) electrons. The number of hydrogen-bond acceptors (Lipinski definition) is 22. The minimum atomic E-state index is -0.789. The third-order valence-electron chi connectivity index (χ3n) is 24.4. The van der Waals surface area contributed by atoms with E-state index in [1.807, 2.05) is 135 Å². The topological polar surface area (TPSA) is 407 Å². The number of aryl methyl sites for hydroxylation is 2. The molecule has 34 nitrogen and oxygen atoms in total. The quantitative estimate of drug-likeness (QED) is 0.0174. The predicted molar refractivity (Wildman–Crippen MR) is 512 cm³/mol. The van der Waals surface area contributed by atoms with E-state index < -0.39 is 18.0 Å². The lowest BCUT2D eigenvalue weighted by Crippen LogP contribution is -2.54. The van der Waals surface area contributed by atoms with E-state index in [4.69, 9.17) is 44.6 Å². The molecule has 16 rings (SSSR count). The molecule has 8 heterocycles. The molecular weight excluding hydrogens is 1710 g/mol. The van der Waals surface area contributed by atoms with Crippen LogP contribution in [0.4, 0.5) is 11.4 Å². The maximum absolute atomic E-state index is 14.3. The molecule has 12 aromatic rings. The first-order valence-electron chi connectivity index (χ1n) is 46.2. The van der Waals surface area contributed by atoms with E-state index in [9.17, 15) is 38.4 Å². The number of unbranched alkanes of at least 4 members (excludes halogenated alkanes) is 2. The van der Waals surface area contributed by atoms with Crippen LogP contribution in [0.15, 0.2) is 192 Å². The number of aliphatic imine (C=N–C) groups is 2. The first-order chi connectivity index (χ1) is 65.7. The van der Waals surface area contributed by atoms with Crippen LogP contribution in [0.1, 0.15) is 133 Å². The van der Waals surface area contributed by atoms with Gasteiger partial charge in [0.1, 0.15) is 35.1 Å². The molecule has 700 valence electrons. The largest absolute Gasteiger partial charge is 0.377 e. The number of ether oxygens (including phenoxy) is 4. The fraction of sp³-hybridized carbons (Fsp3) is 0.366. The first kappa shape index (κ1) is 94.1. The first-order valence-corrected chi connectivity index (χ1v) is 46.2. The molecule has 2 fully saturated rings. The van der Waals surface area contributed by atoms with Gasteiger partial charge >= 0.3 is 0 Å². The molecule has 2 atom stereocenters. The number of aromatic amines is 2. The molecule has 0 spiro atoms. The maximum atomic E-state index is 14.3. The van der Waals surface area contributed by atoms with E-state index in [1.165, 1.54) is 4.90 Å². The van der Waals surface area contributed by atoms with Gasteiger partial charge in [-0.1, -0.05) is 89.6 Å². The Morgan fingerprint density at radius 2 is 0.852 bits per heavy atom. The summed E-state index contributed by atoms with van der Waals surface area (Å²) in [6.07, 6.45) is 9.96. The smallest absolute Gasteiger partial charge is 0.251 e. The van der Waals surface area contributed by atoms with Gasteiger partial charge < -0.3 is 80.4 Å². The van der Waals surface area contributed by atoms with Crippen LogP contribution >= 0.6 is 0 Å². The van der Waals surface area contributed by atoms with Crippen LogP contribution in [-0.4, -0.2) is 278 Å². The summed E-state index contributed by atoms with van der Waals surface area (Å²) in [7, 11) is 7.89. The maximum Gasteiger partial charge on any atom is 0.251 e. The monoisotopic (exact) mass is 1830 g/mol. The van der Waals surface area contributed by atoms with E-state index in [-0.39, 0.29) is 93.9 Å². The number of amides is 8. The van der Waals surface area contributed by atoms with Crippen LogP contribution in [0.25, 0.3) is 67.1 Å². The van der Waals surface area contributed by atoms with E-state index >= 15 is 0 Å². The number of likely N-dealkylation sites (tertiary alicyclic amines) is 2. The number of carbonyl (C=O) groups is 8. The van der Waals surface area contributed by atoms with Gasteiger partial charge in [0.2, 0.25) is 23.6 Å². The number of fused-ring (bicyclic) bond motifs is 4. The van der Waals surface area contributed by atoms with Crippen LogP contribution < -0.4 is 27.0 Å². The SMILES string of the molecule is CN(C)CCNC(=O)c1ccc(C2=Nc3ccc(-c4ccc5nc(-c6ccc(C(=O)NCCOCCOCc7cn(CCCCCC(=O)N8CCCC8C(=O)N8CCC[C@H]8C(=O)N(CCCn8cc(COCCOCCNC(=O)c9ccc(C%10=Nc%11ccc(-c%12ccc%13nc(-c%14ccc(C(=O)NCCN(C)C)cc%14)[nH]c%13c%12)cc%11C%10)cc9)nn8)CC(N)=O)nn7)cc6)[nH]c5c4)cc3C2)cc1. The molecule has 34 heteroatoms. The molecule has 1 unspecified atom stereocenters. The Morgan fingerprint density at radius 3 is 1.32 bits per heavy atom. The third-order valence-corrected chi connectivity index (χ3v) is 24.4. The zero-order chi connectivity index (χ0) is 93.7. The second-order valence-electron chi connectivity index (χ2n) is 34.8. The summed E-state index contributed by atoms with van der Waals surface area (Å²) in [5.41, 5.74) is 26.5. The zero-order valence-electron chi connectivity index (χ0n) is 76.6. The highest BCUT2D eigenvalue weighted by Crippen LogP contribution is 2.38. The Labute approximate surface area is 782 Å². The molecule has 0 saturated carbocycles. The van der Waals surface area contributed by atoms with Gasteiger partial charge in [-0.05, 0) is 215 Å². The molecule has 135 heavy (non-hydrogen) atoms. The fourth-order valence-corrected chi connectivity index (χ4v) is 17.2. The van der Waals surface area contributed by atoms with E-state index in [1.54, 1.807) is 49.6 Å². The van der Waals surface area contributed by atoms with Gasteiger partial charge in [-0.15, -0.1) is 10.2 Å². The predicted octanol–water partition coefficient (Wildman–Crippen LogP) is 10.1. The summed E-state index contributed by atoms with van der Waals surface area (Å²) in [5, 5.41) is 28.7. The highest BCUT2D eigenvalue weighted by Gasteiger charge is 2.43. The molecule has 0 aliphatic carbocycles. The number of likely N-dealkylation sites (N-methyl/N-ethyl adjacent to an activating group) is 2. The van der Waals surface area contributed by atoms with Crippen LogP contribution in [-0.2, 0) is 77.3 Å². The van der Waals surface area contributed by atoms with Crippen molar-refractivity contribution < 1.29 is 57.3 Å². The number of rotatable bonds is 46. The highest BCUT2D eigenvalue weighted by atomic mass is 16.5. The number of nitrogens with one attached hydrogen (secondary N) is 6. The van der Waals surface area contributed by atoms with E-state index in [0.717, 1.165) is 132 Å². The molecule has 8 aromatic carbocycles. The van der Waals surface area contributed by atoms with E-state index in [0.29, 0.717) is 163 Å². The molecule has 8 N–H and O–H groups in total. The molecule has 4 aliphatic rings. The lowest BCUT2D eigenvalue weighted by atomic mass is 9.98. The summed E-state index contributed by atoms with van der Waals surface area (Å²) in [4.78, 5) is 141. The Bertz CT molecular complexity index is 6280. The van der Waals surface area contributed by atoms with Crippen molar-refractivity contribution in [1.29, 1.82) is 0 Å². The van der Waals surface area contributed by atoms with Gasteiger partial charge in [-0.25, -0.2) is 9.97 Å². The summed E-state index contributed by atoms with van der Waals surface area (Å²) < 4.78 is 26.5. The van der Waals surface area contributed by atoms with Crippen LogP contribution in [0.5, 0.6) is 0 Å². The van der Waals surface area contributed by atoms with Gasteiger partial charge in [-0.2, -0.15) is 0 Å². The Hall–Kier alpha value is -14.2. The van der Waals surface area contributed by atoms with Crippen molar-refractivity contribution in [2.45, 2.75) is 109 Å². The molecule has 4 aliphatic heterocycles. The molecular formula is C101H114N22O12. The summed E-state index contributed by atoms with van der Waals surface area (Å²) in [5.74, 6) is -0.603. The number of hydrogen-bond donors (Lipinski definition) is 7. The van der Waals surface area contributed by atoms with Gasteiger partial charge in [0.15, 0.2) is 0 Å². The van der Waals surface area contributed by atoms with Crippen molar-refractivity contribution in [2.75, 3.05) is 133 Å².